The van der Waals surface area contributed by atoms with E-state index in [1.165, 1.54) is 0 Å². The van der Waals surface area contributed by atoms with Crippen molar-refractivity contribution in [2.45, 2.75) is 46.3 Å². The maximum Gasteiger partial charge on any atom is 0.251 e. The summed E-state index contributed by atoms with van der Waals surface area (Å²) in [6.45, 7) is 7.92. The van der Waals surface area contributed by atoms with Crippen LogP contribution in [-0.4, -0.2) is 31.6 Å². The molecule has 1 amide bonds. The standard InChI is InChI=1S/C23H32N4O2/c1-5-17(3)27-22(28)19-12-9-10-18(14-19)15-25-23(24-6-2)26-16-20-11-7-8-13-21(20)29-4/h7-14,17H,5-6,15-16H2,1-4H3,(H,27,28)(H2,24,25,26). The number of nitrogens with one attached hydrogen (secondary N) is 3. The lowest BCUT2D eigenvalue weighted by molar-refractivity contribution is 0.0939. The van der Waals surface area contributed by atoms with Crippen LogP contribution in [-0.2, 0) is 13.1 Å². The number of carbonyl (C=O) groups excluding carboxylic acids is 1. The first-order valence-corrected chi connectivity index (χ1v) is 10.1. The fourth-order valence-corrected chi connectivity index (χ4v) is 2.76. The molecule has 6 nitrogen and oxygen atoms in total. The summed E-state index contributed by atoms with van der Waals surface area (Å²) in [7, 11) is 1.67. The van der Waals surface area contributed by atoms with Gasteiger partial charge in [-0.25, -0.2) is 4.99 Å². The number of guanidine groups is 1. The van der Waals surface area contributed by atoms with Crippen LogP contribution >= 0.6 is 0 Å². The highest BCUT2D eigenvalue weighted by Crippen LogP contribution is 2.16. The minimum absolute atomic E-state index is 0.0496. The van der Waals surface area contributed by atoms with E-state index >= 15 is 0 Å². The highest BCUT2D eigenvalue weighted by atomic mass is 16.5. The zero-order valence-electron chi connectivity index (χ0n) is 17.8. The molecule has 6 heteroatoms. The summed E-state index contributed by atoms with van der Waals surface area (Å²) in [5.74, 6) is 1.51. The van der Waals surface area contributed by atoms with E-state index in [9.17, 15) is 4.79 Å². The molecule has 0 heterocycles. The van der Waals surface area contributed by atoms with Gasteiger partial charge in [0.25, 0.3) is 5.91 Å². The molecule has 29 heavy (non-hydrogen) atoms. The molecule has 0 aliphatic heterocycles. The van der Waals surface area contributed by atoms with Crippen LogP contribution in [0.4, 0.5) is 0 Å². The summed E-state index contributed by atoms with van der Waals surface area (Å²) in [6.07, 6.45) is 0.902. The summed E-state index contributed by atoms with van der Waals surface area (Å²) in [5.41, 5.74) is 2.70. The van der Waals surface area contributed by atoms with Gasteiger partial charge in [-0.1, -0.05) is 37.3 Å². The minimum Gasteiger partial charge on any atom is -0.496 e. The Balaban J connectivity index is 2.04. The SMILES string of the molecule is CCNC(=NCc1cccc(C(=O)NC(C)CC)c1)NCc1ccccc1OC. The number of rotatable bonds is 9. The van der Waals surface area contributed by atoms with Crippen LogP contribution in [0.3, 0.4) is 0 Å². The van der Waals surface area contributed by atoms with Crippen molar-refractivity contribution in [3.05, 3.63) is 65.2 Å². The summed E-state index contributed by atoms with van der Waals surface area (Å²) in [4.78, 5) is 17.0. The molecule has 0 saturated heterocycles. The molecule has 156 valence electrons. The topological polar surface area (TPSA) is 74.8 Å². The van der Waals surface area contributed by atoms with Gasteiger partial charge in [-0.3, -0.25) is 4.79 Å². The Morgan fingerprint density at radius 1 is 1.10 bits per heavy atom. The number of ether oxygens (including phenoxy) is 1. The molecule has 0 aliphatic rings. The van der Waals surface area contributed by atoms with E-state index in [1.54, 1.807) is 7.11 Å². The first-order valence-electron chi connectivity index (χ1n) is 10.1. The maximum atomic E-state index is 12.3. The first-order chi connectivity index (χ1) is 14.1. The number of benzene rings is 2. The molecule has 0 aromatic heterocycles. The van der Waals surface area contributed by atoms with Gasteiger partial charge in [0.05, 0.1) is 13.7 Å². The number of aliphatic imine (C=N–C) groups is 1. The van der Waals surface area contributed by atoms with E-state index in [1.807, 2.05) is 62.4 Å². The normalized spacial score (nSPS) is 12.2. The Labute approximate surface area is 173 Å². The Bertz CT molecular complexity index is 820. The van der Waals surface area contributed by atoms with Gasteiger partial charge in [-0.15, -0.1) is 0 Å². The molecule has 0 spiro atoms. The summed E-state index contributed by atoms with van der Waals surface area (Å²) in [6, 6.07) is 15.7. The predicted molar refractivity (Wildman–Crippen MR) is 118 cm³/mol. The van der Waals surface area contributed by atoms with Crippen molar-refractivity contribution in [2.24, 2.45) is 4.99 Å². The fraction of sp³-hybridized carbons (Fsp3) is 0.391. The molecule has 0 aliphatic carbocycles. The van der Waals surface area contributed by atoms with Gasteiger partial charge in [0.2, 0.25) is 0 Å². The average Bonchev–Trinajstić information content (AvgIpc) is 2.75. The molecular formula is C23H32N4O2. The van der Waals surface area contributed by atoms with E-state index in [-0.39, 0.29) is 11.9 Å². The molecule has 1 atom stereocenters. The Morgan fingerprint density at radius 3 is 2.62 bits per heavy atom. The van der Waals surface area contributed by atoms with Crippen LogP contribution in [0.5, 0.6) is 5.75 Å². The second-order valence-corrected chi connectivity index (χ2v) is 6.84. The number of hydrogen-bond donors (Lipinski definition) is 3. The number of para-hydroxylation sites is 1. The quantitative estimate of drug-likeness (QED) is 0.448. The lowest BCUT2D eigenvalue weighted by atomic mass is 10.1. The van der Waals surface area contributed by atoms with Crippen LogP contribution in [0.2, 0.25) is 0 Å². The number of nitrogens with zero attached hydrogens (tertiary/aromatic N) is 1. The number of amides is 1. The number of hydrogen-bond acceptors (Lipinski definition) is 3. The van der Waals surface area contributed by atoms with Crippen LogP contribution in [0.15, 0.2) is 53.5 Å². The third-order valence-electron chi connectivity index (χ3n) is 4.58. The summed E-state index contributed by atoms with van der Waals surface area (Å²) in [5, 5.41) is 9.58. The van der Waals surface area contributed by atoms with Gasteiger partial charge >= 0.3 is 0 Å². The molecule has 0 saturated carbocycles. The molecule has 0 fully saturated rings. The third-order valence-corrected chi connectivity index (χ3v) is 4.58. The van der Waals surface area contributed by atoms with Crippen molar-refractivity contribution < 1.29 is 9.53 Å². The molecule has 2 aromatic carbocycles. The van der Waals surface area contributed by atoms with E-state index in [0.717, 1.165) is 29.8 Å². The molecular weight excluding hydrogens is 364 g/mol. The van der Waals surface area contributed by atoms with E-state index in [2.05, 4.69) is 27.9 Å². The van der Waals surface area contributed by atoms with Gasteiger partial charge in [0.15, 0.2) is 5.96 Å². The highest BCUT2D eigenvalue weighted by Gasteiger charge is 2.09. The van der Waals surface area contributed by atoms with Crippen molar-refractivity contribution >= 4 is 11.9 Å². The number of methoxy groups -OCH3 is 1. The van der Waals surface area contributed by atoms with Crippen LogP contribution < -0.4 is 20.7 Å². The maximum absolute atomic E-state index is 12.3. The molecule has 2 aromatic rings. The van der Waals surface area contributed by atoms with Crippen molar-refractivity contribution in [1.29, 1.82) is 0 Å². The smallest absolute Gasteiger partial charge is 0.251 e. The van der Waals surface area contributed by atoms with Crippen molar-refractivity contribution in [2.75, 3.05) is 13.7 Å². The fourth-order valence-electron chi connectivity index (χ4n) is 2.76. The van der Waals surface area contributed by atoms with Gasteiger partial charge in [0, 0.05) is 30.3 Å². The Kier molecular flexibility index (Phi) is 9.02. The molecule has 0 radical (unpaired) electrons. The number of carbonyl (C=O) groups is 1. The lowest BCUT2D eigenvalue weighted by Gasteiger charge is -2.14. The monoisotopic (exact) mass is 396 g/mol. The molecule has 0 bridgehead atoms. The largest absolute Gasteiger partial charge is 0.496 e. The minimum atomic E-state index is -0.0496. The predicted octanol–water partition coefficient (Wildman–Crippen LogP) is 3.48. The van der Waals surface area contributed by atoms with Crippen LogP contribution in [0.25, 0.3) is 0 Å². The van der Waals surface area contributed by atoms with Crippen molar-refractivity contribution in [3.63, 3.8) is 0 Å². The first kappa shape index (κ1) is 22.3. The molecule has 3 N–H and O–H groups in total. The summed E-state index contributed by atoms with van der Waals surface area (Å²) >= 11 is 0. The van der Waals surface area contributed by atoms with Gasteiger partial charge < -0.3 is 20.7 Å². The average molecular weight is 397 g/mol. The second-order valence-electron chi connectivity index (χ2n) is 6.84. The zero-order valence-corrected chi connectivity index (χ0v) is 17.8. The van der Waals surface area contributed by atoms with Gasteiger partial charge in [-0.2, -0.15) is 0 Å². The lowest BCUT2D eigenvalue weighted by Crippen LogP contribution is -2.36. The van der Waals surface area contributed by atoms with Gasteiger partial charge in [0.1, 0.15) is 5.75 Å². The van der Waals surface area contributed by atoms with E-state index < -0.39 is 0 Å². The zero-order chi connectivity index (χ0) is 21.1. The summed E-state index contributed by atoms with van der Waals surface area (Å²) < 4.78 is 5.40. The van der Waals surface area contributed by atoms with Crippen molar-refractivity contribution in [3.8, 4) is 5.75 Å². The van der Waals surface area contributed by atoms with Crippen LogP contribution in [0, 0.1) is 0 Å². The molecule has 1 unspecified atom stereocenters. The van der Waals surface area contributed by atoms with E-state index in [4.69, 9.17) is 4.74 Å². The van der Waals surface area contributed by atoms with E-state index in [0.29, 0.717) is 24.6 Å². The Morgan fingerprint density at radius 2 is 1.90 bits per heavy atom. The second kappa shape index (κ2) is 11.7. The molecule has 2 rings (SSSR count). The highest BCUT2D eigenvalue weighted by molar-refractivity contribution is 5.94. The van der Waals surface area contributed by atoms with Gasteiger partial charge in [-0.05, 0) is 44.0 Å². The Hall–Kier alpha value is -3.02. The third kappa shape index (κ3) is 7.14. The van der Waals surface area contributed by atoms with Crippen molar-refractivity contribution in [1.82, 2.24) is 16.0 Å². The van der Waals surface area contributed by atoms with Crippen LogP contribution in [0.1, 0.15) is 48.7 Å².